The summed E-state index contributed by atoms with van der Waals surface area (Å²) in [6.45, 7) is 22.0. The van der Waals surface area contributed by atoms with Crippen LogP contribution in [0.15, 0.2) is 59.0 Å². The zero-order valence-electron chi connectivity index (χ0n) is 41.4. The second-order valence-corrected chi connectivity index (χ2v) is 19.7. The zero-order valence-corrected chi connectivity index (χ0v) is 44.6. The van der Waals surface area contributed by atoms with Gasteiger partial charge in [-0.3, -0.25) is 9.80 Å². The summed E-state index contributed by atoms with van der Waals surface area (Å²) in [5, 5.41) is 3.03. The molecular formula is C48H70N14O3S4. The average Bonchev–Trinajstić information content (AvgIpc) is 3.92. The molecule has 7 heterocycles. The number of likely N-dealkylation sites (tertiary alicyclic amines) is 1. The summed E-state index contributed by atoms with van der Waals surface area (Å²) in [5.74, 6) is 4.89. The predicted molar refractivity (Wildman–Crippen MR) is 288 cm³/mol. The Morgan fingerprint density at radius 2 is 1.19 bits per heavy atom. The summed E-state index contributed by atoms with van der Waals surface area (Å²) in [7, 11) is 3.84. The lowest BCUT2D eigenvalue weighted by molar-refractivity contribution is 0.133. The highest BCUT2D eigenvalue weighted by molar-refractivity contribution is 7.98. The van der Waals surface area contributed by atoms with E-state index in [9.17, 15) is 0 Å². The van der Waals surface area contributed by atoms with E-state index in [0.717, 1.165) is 101 Å². The van der Waals surface area contributed by atoms with Crippen molar-refractivity contribution in [3.8, 4) is 38.5 Å². The quantitative estimate of drug-likeness (QED) is 0.0440. The third kappa shape index (κ3) is 17.1. The van der Waals surface area contributed by atoms with Crippen LogP contribution in [0.4, 0.5) is 23.3 Å². The van der Waals surface area contributed by atoms with Crippen molar-refractivity contribution in [2.75, 3.05) is 103 Å². The van der Waals surface area contributed by atoms with Crippen molar-refractivity contribution in [2.45, 2.75) is 82.6 Å². The lowest BCUT2D eigenvalue weighted by atomic mass is 10.2. The largest absolute Gasteiger partial charge is 0.493 e. The predicted octanol–water partition coefficient (Wildman–Crippen LogP) is 8.54. The molecule has 21 heteroatoms. The number of piperazine rings is 1. The lowest BCUT2D eigenvalue weighted by Gasteiger charge is -2.32. The highest BCUT2D eigenvalue weighted by Crippen LogP contribution is 2.37. The number of methoxy groups -OCH3 is 1. The number of rotatable bonds is 19. The normalized spacial score (nSPS) is 13.7. The number of thioether (sulfide) groups is 2. The van der Waals surface area contributed by atoms with Crippen LogP contribution < -0.4 is 37.1 Å². The molecule has 69 heavy (non-hydrogen) atoms. The Bertz CT molecular complexity index is 2440. The van der Waals surface area contributed by atoms with E-state index in [1.165, 1.54) is 47.9 Å². The Morgan fingerprint density at radius 1 is 0.638 bits per heavy atom. The van der Waals surface area contributed by atoms with Gasteiger partial charge in [-0.15, -0.1) is 22.7 Å². The molecule has 1 aromatic carbocycles. The van der Waals surface area contributed by atoms with Crippen LogP contribution in [0.1, 0.15) is 68.6 Å². The summed E-state index contributed by atoms with van der Waals surface area (Å²) in [5.41, 5.74) is 27.2. The van der Waals surface area contributed by atoms with Gasteiger partial charge in [0.1, 0.15) is 46.5 Å². The molecule has 0 amide bonds. The number of ether oxygens (including phenoxy) is 3. The Hall–Kier alpha value is -5.03. The van der Waals surface area contributed by atoms with Gasteiger partial charge >= 0.3 is 0 Å². The zero-order chi connectivity index (χ0) is 49.7. The summed E-state index contributed by atoms with van der Waals surface area (Å²) in [4.78, 5) is 40.7. The number of anilines is 4. The fourth-order valence-corrected chi connectivity index (χ4v) is 10.8. The molecule has 0 spiro atoms. The second-order valence-electron chi connectivity index (χ2n) is 15.5. The molecule has 6 aromatic rings. The Morgan fingerprint density at radius 3 is 1.77 bits per heavy atom. The first-order chi connectivity index (χ1) is 33.5. The maximum Gasteiger partial charge on any atom is 0.213 e. The third-order valence-electron chi connectivity index (χ3n) is 10.6. The van der Waals surface area contributed by atoms with Crippen molar-refractivity contribution >= 4 is 69.5 Å². The first kappa shape index (κ1) is 54.9. The number of pyridine rings is 1. The van der Waals surface area contributed by atoms with Crippen LogP contribution in [0.5, 0.6) is 17.4 Å². The molecule has 17 nitrogen and oxygen atoms in total. The molecule has 2 aliphatic heterocycles. The summed E-state index contributed by atoms with van der Waals surface area (Å²) >= 11 is 6.34. The van der Waals surface area contributed by atoms with Gasteiger partial charge in [-0.1, -0.05) is 64.6 Å². The number of hydrogen-bond acceptors (Lipinski definition) is 21. The fourth-order valence-electron chi connectivity index (χ4n) is 6.83. The van der Waals surface area contributed by atoms with Crippen molar-refractivity contribution in [1.29, 1.82) is 0 Å². The lowest BCUT2D eigenvalue weighted by Crippen LogP contribution is -2.45. The number of thiazole rings is 2. The van der Waals surface area contributed by atoms with Crippen molar-refractivity contribution in [2.24, 2.45) is 0 Å². The standard InChI is InChI=1S/C25H35N7O2S2.C19H23N7OS2.2C2H6/c1-4-5-21-18(16-35-25-29-22(26)15-23(27)30-25)28-24(36-21)17-6-7-19(33-3)20(14-17)34-13-12-32-10-8-31(2)9-11-32;1-12-14(11-28-19-24-15(20)10-16(21)25-19)23-18(29-12)13-3-4-22-17(9-13)27-8-7-26-5-2-6-26;2*1-2/h6-7,14-15H,4-5,8-13,16H2,1-3H3,(H4,26,27,29,30);3-4,9-10H,2,5-8,11H2,1H3,(H4,20,21,24,25);2*1-2H3. The van der Waals surface area contributed by atoms with Crippen LogP contribution in [-0.4, -0.2) is 129 Å². The SMILES string of the molecule is CC.CC.CCCc1sc(-c2ccc(OC)c(OCCN3CCN(C)CC3)c2)nc1CSc1nc(N)cc(N)n1.Cc1sc(-c2ccnc(OCCN3CCC3)c2)nc1CSc1nc(N)cc(N)n1. The van der Waals surface area contributed by atoms with E-state index in [1.807, 2.05) is 58.0 Å². The van der Waals surface area contributed by atoms with Gasteiger partial charge in [-0.05, 0) is 64.2 Å². The molecule has 0 saturated carbocycles. The van der Waals surface area contributed by atoms with Crippen LogP contribution in [0.2, 0.25) is 0 Å². The Labute approximate surface area is 424 Å². The number of aryl methyl sites for hydroxylation is 2. The molecule has 2 fully saturated rings. The van der Waals surface area contributed by atoms with Crippen molar-refractivity contribution in [1.82, 2.24) is 49.6 Å². The fraction of sp³-hybridized carbons (Fsp3) is 0.479. The van der Waals surface area contributed by atoms with E-state index in [0.29, 0.717) is 64.2 Å². The van der Waals surface area contributed by atoms with Gasteiger partial charge in [0.25, 0.3) is 0 Å². The molecule has 0 aliphatic carbocycles. The molecule has 0 unspecified atom stereocenters. The number of aromatic nitrogens is 7. The number of nitrogens with two attached hydrogens (primary N) is 4. The minimum Gasteiger partial charge on any atom is -0.493 e. The summed E-state index contributed by atoms with van der Waals surface area (Å²) < 4.78 is 17.6. The number of likely N-dealkylation sites (N-methyl/N-ethyl adjacent to an activating group) is 1. The second kappa shape index (κ2) is 28.6. The van der Waals surface area contributed by atoms with Gasteiger partial charge in [0.15, 0.2) is 21.8 Å². The molecular weight excluding hydrogens is 949 g/mol. The number of hydrogen-bond donors (Lipinski definition) is 4. The summed E-state index contributed by atoms with van der Waals surface area (Å²) in [6.07, 6.45) is 5.07. The average molecular weight is 1020 g/mol. The van der Waals surface area contributed by atoms with Gasteiger partial charge in [-0.25, -0.2) is 34.9 Å². The molecule has 8 rings (SSSR count). The van der Waals surface area contributed by atoms with Crippen molar-refractivity contribution in [3.63, 3.8) is 0 Å². The number of nitrogen functional groups attached to an aromatic ring is 4. The molecule has 8 N–H and O–H groups in total. The van der Waals surface area contributed by atoms with E-state index in [4.69, 9.17) is 47.1 Å². The molecule has 374 valence electrons. The first-order valence-corrected chi connectivity index (χ1v) is 27.2. The minimum absolute atomic E-state index is 0.370. The number of benzene rings is 1. The van der Waals surface area contributed by atoms with Crippen LogP contribution >= 0.6 is 46.2 Å². The van der Waals surface area contributed by atoms with E-state index in [1.54, 1.807) is 48.1 Å². The number of nitrogens with zero attached hydrogens (tertiary/aromatic N) is 10. The molecule has 2 aliphatic rings. The highest BCUT2D eigenvalue weighted by atomic mass is 32.2. The van der Waals surface area contributed by atoms with Gasteiger partial charge in [0.05, 0.1) is 18.5 Å². The van der Waals surface area contributed by atoms with Gasteiger partial charge in [-0.2, -0.15) is 0 Å². The maximum atomic E-state index is 6.18. The van der Waals surface area contributed by atoms with Crippen molar-refractivity contribution in [3.05, 3.63) is 69.8 Å². The first-order valence-electron chi connectivity index (χ1n) is 23.6. The van der Waals surface area contributed by atoms with Gasteiger partial charge in [0.2, 0.25) is 5.88 Å². The molecule has 2 saturated heterocycles. The highest BCUT2D eigenvalue weighted by Gasteiger charge is 2.19. The van der Waals surface area contributed by atoms with E-state index in [-0.39, 0.29) is 0 Å². The van der Waals surface area contributed by atoms with Gasteiger partial charge in [0, 0.05) is 96.1 Å². The minimum atomic E-state index is 0.370. The molecule has 0 radical (unpaired) electrons. The van der Waals surface area contributed by atoms with E-state index in [2.05, 4.69) is 60.5 Å². The van der Waals surface area contributed by atoms with E-state index >= 15 is 0 Å². The van der Waals surface area contributed by atoms with Crippen LogP contribution in [-0.2, 0) is 17.9 Å². The smallest absolute Gasteiger partial charge is 0.213 e. The maximum absolute atomic E-state index is 6.18. The molecule has 5 aromatic heterocycles. The Kier molecular flexibility index (Phi) is 22.7. The van der Waals surface area contributed by atoms with Gasteiger partial charge < -0.3 is 42.0 Å². The van der Waals surface area contributed by atoms with Crippen molar-refractivity contribution < 1.29 is 14.2 Å². The van der Waals surface area contributed by atoms with Crippen LogP contribution in [0.3, 0.4) is 0 Å². The summed E-state index contributed by atoms with van der Waals surface area (Å²) in [6, 6.07) is 13.0. The molecule has 0 atom stereocenters. The van der Waals surface area contributed by atoms with Crippen LogP contribution in [0.25, 0.3) is 21.1 Å². The van der Waals surface area contributed by atoms with Crippen LogP contribution in [0, 0.1) is 6.92 Å². The molecule has 0 bridgehead atoms. The van der Waals surface area contributed by atoms with E-state index < -0.39 is 0 Å². The topological polar surface area (TPSA) is 232 Å². The Balaban J connectivity index is 0.000000245. The third-order valence-corrected chi connectivity index (χ3v) is 14.6. The monoisotopic (exact) mass is 1020 g/mol.